The van der Waals surface area contributed by atoms with Crippen molar-refractivity contribution < 1.29 is 4.79 Å². The minimum atomic E-state index is -0.408. The van der Waals surface area contributed by atoms with Gasteiger partial charge in [-0.2, -0.15) is 0 Å². The maximum atomic E-state index is 11.1. The fourth-order valence-electron chi connectivity index (χ4n) is 2.77. The van der Waals surface area contributed by atoms with Gasteiger partial charge in [0.15, 0.2) is 5.96 Å². The Hall–Kier alpha value is -2.08. The van der Waals surface area contributed by atoms with Gasteiger partial charge in [0.05, 0.1) is 0 Å². The zero-order chi connectivity index (χ0) is 18.8. The van der Waals surface area contributed by atoms with Crippen LogP contribution in [-0.2, 0) is 6.54 Å². The smallest absolute Gasteiger partial charge is 0.248 e. The Labute approximate surface area is 151 Å². The molecule has 0 aliphatic carbocycles. The number of nitrogens with one attached hydrogen (secondary N) is 2. The molecule has 1 aromatic carbocycles. The molecular formula is C19H33N5O. The van der Waals surface area contributed by atoms with E-state index in [4.69, 9.17) is 5.73 Å². The summed E-state index contributed by atoms with van der Waals surface area (Å²) in [5.74, 6) is 0.369. The fraction of sp³-hybridized carbons (Fsp3) is 0.579. The summed E-state index contributed by atoms with van der Waals surface area (Å²) in [7, 11) is 1.76. The normalized spacial score (nSPS) is 12.1. The molecule has 0 aromatic heterocycles. The lowest BCUT2D eigenvalue weighted by atomic mass is 10.1. The average molecular weight is 348 g/mol. The van der Waals surface area contributed by atoms with Gasteiger partial charge in [0.25, 0.3) is 0 Å². The van der Waals surface area contributed by atoms with Crippen LogP contribution in [0, 0.1) is 0 Å². The van der Waals surface area contributed by atoms with E-state index in [1.165, 1.54) is 0 Å². The molecule has 1 rings (SSSR count). The van der Waals surface area contributed by atoms with Crippen LogP contribution in [0.25, 0.3) is 0 Å². The highest BCUT2D eigenvalue weighted by Gasteiger charge is 2.12. The Kier molecular flexibility index (Phi) is 8.99. The molecule has 6 heteroatoms. The molecule has 140 valence electrons. The van der Waals surface area contributed by atoms with Crippen LogP contribution in [0.2, 0.25) is 0 Å². The van der Waals surface area contributed by atoms with Crippen LogP contribution in [0.1, 0.15) is 50.0 Å². The van der Waals surface area contributed by atoms with E-state index < -0.39 is 5.91 Å². The van der Waals surface area contributed by atoms with E-state index >= 15 is 0 Å². The first-order chi connectivity index (χ1) is 11.8. The molecular weight excluding hydrogens is 314 g/mol. The number of guanidine groups is 1. The Morgan fingerprint density at radius 2 is 1.72 bits per heavy atom. The molecule has 0 aliphatic rings. The molecule has 1 aromatic rings. The minimum Gasteiger partial charge on any atom is -0.366 e. The highest BCUT2D eigenvalue weighted by Crippen LogP contribution is 2.05. The highest BCUT2D eigenvalue weighted by atomic mass is 16.1. The molecule has 4 N–H and O–H groups in total. The molecule has 0 saturated carbocycles. The van der Waals surface area contributed by atoms with E-state index in [1.54, 1.807) is 19.2 Å². The molecule has 6 nitrogen and oxygen atoms in total. The molecule has 0 saturated heterocycles. The summed E-state index contributed by atoms with van der Waals surface area (Å²) in [6.07, 6.45) is 1.06. The van der Waals surface area contributed by atoms with Gasteiger partial charge < -0.3 is 16.4 Å². The van der Waals surface area contributed by atoms with Crippen molar-refractivity contribution in [3.8, 4) is 0 Å². The van der Waals surface area contributed by atoms with Crippen molar-refractivity contribution in [1.29, 1.82) is 0 Å². The molecule has 0 radical (unpaired) electrons. The van der Waals surface area contributed by atoms with Gasteiger partial charge in [0.2, 0.25) is 5.91 Å². The predicted molar refractivity (Wildman–Crippen MR) is 105 cm³/mol. The first kappa shape index (κ1) is 21.0. The Balaban J connectivity index is 2.36. The van der Waals surface area contributed by atoms with Gasteiger partial charge in [-0.15, -0.1) is 0 Å². The van der Waals surface area contributed by atoms with Crippen LogP contribution in [0.15, 0.2) is 29.3 Å². The van der Waals surface area contributed by atoms with Crippen LogP contribution < -0.4 is 16.4 Å². The van der Waals surface area contributed by atoms with Gasteiger partial charge in [0, 0.05) is 44.3 Å². The number of carbonyl (C=O) groups is 1. The summed E-state index contributed by atoms with van der Waals surface area (Å²) in [6, 6.07) is 8.37. The number of primary amides is 1. The standard InChI is InChI=1S/C19H33N5O/c1-14(2)24(15(3)4)12-6-11-22-19(21-5)23-13-16-7-9-17(10-8-16)18(20)25/h7-10,14-15H,6,11-13H2,1-5H3,(H2,20,25)(H2,21,22,23). The van der Waals surface area contributed by atoms with Gasteiger partial charge in [0.1, 0.15) is 0 Å². The number of benzene rings is 1. The number of aliphatic imine (C=N–C) groups is 1. The molecule has 25 heavy (non-hydrogen) atoms. The molecule has 0 bridgehead atoms. The second kappa shape index (κ2) is 10.7. The summed E-state index contributed by atoms with van der Waals surface area (Å²) in [5, 5.41) is 6.62. The molecule has 0 fully saturated rings. The summed E-state index contributed by atoms with van der Waals surface area (Å²) < 4.78 is 0. The van der Waals surface area contributed by atoms with Gasteiger partial charge in [-0.25, -0.2) is 0 Å². The second-order valence-corrected chi connectivity index (χ2v) is 6.69. The van der Waals surface area contributed by atoms with Crippen LogP contribution in [0.5, 0.6) is 0 Å². The van der Waals surface area contributed by atoms with E-state index in [1.807, 2.05) is 12.1 Å². The number of hydrogen-bond acceptors (Lipinski definition) is 3. The predicted octanol–water partition coefficient (Wildman–Crippen LogP) is 1.96. The summed E-state index contributed by atoms with van der Waals surface area (Å²) in [4.78, 5) is 17.8. The van der Waals surface area contributed by atoms with E-state index in [0.717, 1.165) is 31.0 Å². The molecule has 0 atom stereocenters. The van der Waals surface area contributed by atoms with E-state index in [-0.39, 0.29) is 0 Å². The molecule has 1 amide bonds. The van der Waals surface area contributed by atoms with Crippen molar-refractivity contribution in [2.45, 2.75) is 52.7 Å². The van der Waals surface area contributed by atoms with Crippen LogP contribution in [-0.4, -0.2) is 49.0 Å². The van der Waals surface area contributed by atoms with Crippen LogP contribution in [0.4, 0.5) is 0 Å². The monoisotopic (exact) mass is 347 g/mol. The van der Waals surface area contributed by atoms with E-state index in [2.05, 4.69) is 48.2 Å². The van der Waals surface area contributed by atoms with Crippen molar-refractivity contribution in [1.82, 2.24) is 15.5 Å². The topological polar surface area (TPSA) is 82.8 Å². The SMILES string of the molecule is CN=C(NCCCN(C(C)C)C(C)C)NCc1ccc(C(N)=O)cc1. The fourth-order valence-corrected chi connectivity index (χ4v) is 2.77. The summed E-state index contributed by atoms with van der Waals surface area (Å²) in [5.41, 5.74) is 6.83. The first-order valence-corrected chi connectivity index (χ1v) is 8.94. The van der Waals surface area contributed by atoms with E-state index in [0.29, 0.717) is 24.2 Å². The van der Waals surface area contributed by atoms with Crippen LogP contribution >= 0.6 is 0 Å². The van der Waals surface area contributed by atoms with Gasteiger partial charge in [-0.3, -0.25) is 14.7 Å². The lowest BCUT2D eigenvalue weighted by Crippen LogP contribution is -2.41. The molecule has 0 aliphatic heterocycles. The Morgan fingerprint density at radius 1 is 1.12 bits per heavy atom. The van der Waals surface area contributed by atoms with Gasteiger partial charge in [-0.1, -0.05) is 12.1 Å². The number of hydrogen-bond donors (Lipinski definition) is 3. The van der Waals surface area contributed by atoms with Crippen molar-refractivity contribution >= 4 is 11.9 Å². The van der Waals surface area contributed by atoms with Crippen molar-refractivity contribution in [3.63, 3.8) is 0 Å². The first-order valence-electron chi connectivity index (χ1n) is 8.94. The number of rotatable bonds is 9. The van der Waals surface area contributed by atoms with Crippen LogP contribution in [0.3, 0.4) is 0 Å². The zero-order valence-electron chi connectivity index (χ0n) is 16.2. The average Bonchev–Trinajstić information content (AvgIpc) is 2.57. The number of nitrogens with two attached hydrogens (primary N) is 1. The second-order valence-electron chi connectivity index (χ2n) is 6.69. The van der Waals surface area contributed by atoms with E-state index in [9.17, 15) is 4.79 Å². The molecule has 0 unspecified atom stereocenters. The maximum Gasteiger partial charge on any atom is 0.248 e. The van der Waals surface area contributed by atoms with Crippen molar-refractivity contribution in [3.05, 3.63) is 35.4 Å². The third-order valence-corrected chi connectivity index (χ3v) is 4.13. The van der Waals surface area contributed by atoms with Crippen molar-refractivity contribution in [2.24, 2.45) is 10.7 Å². The molecule has 0 heterocycles. The summed E-state index contributed by atoms with van der Waals surface area (Å²) in [6.45, 7) is 11.5. The number of nitrogens with zero attached hydrogens (tertiary/aromatic N) is 2. The zero-order valence-corrected chi connectivity index (χ0v) is 16.2. The lowest BCUT2D eigenvalue weighted by Gasteiger charge is -2.30. The third-order valence-electron chi connectivity index (χ3n) is 4.13. The quantitative estimate of drug-likeness (QED) is 0.362. The minimum absolute atomic E-state index is 0.408. The van der Waals surface area contributed by atoms with Gasteiger partial charge >= 0.3 is 0 Å². The number of carbonyl (C=O) groups excluding carboxylic acids is 1. The maximum absolute atomic E-state index is 11.1. The molecule has 0 spiro atoms. The summed E-state index contributed by atoms with van der Waals surface area (Å²) >= 11 is 0. The Morgan fingerprint density at radius 3 is 2.20 bits per heavy atom. The third kappa shape index (κ3) is 7.56. The highest BCUT2D eigenvalue weighted by molar-refractivity contribution is 5.92. The number of amides is 1. The Bertz CT molecular complexity index is 543. The lowest BCUT2D eigenvalue weighted by molar-refractivity contribution is 0.100. The van der Waals surface area contributed by atoms with Gasteiger partial charge in [-0.05, 0) is 51.8 Å². The largest absolute Gasteiger partial charge is 0.366 e. The van der Waals surface area contributed by atoms with Crippen molar-refractivity contribution in [2.75, 3.05) is 20.1 Å².